The van der Waals surface area contributed by atoms with E-state index in [1.807, 2.05) is 19.2 Å². The lowest BCUT2D eigenvalue weighted by atomic mass is 10.1. The van der Waals surface area contributed by atoms with Gasteiger partial charge in [-0.05, 0) is 30.7 Å². The van der Waals surface area contributed by atoms with Gasteiger partial charge < -0.3 is 19.5 Å². The molecule has 26 heavy (non-hydrogen) atoms. The Kier molecular flexibility index (Phi) is 8.11. The molecular weight excluding hydrogens is 469 g/mol. The van der Waals surface area contributed by atoms with Crippen LogP contribution >= 0.6 is 35.6 Å². The Morgan fingerprint density at radius 2 is 2.15 bits per heavy atom. The number of hydrogen-bond donors (Lipinski definition) is 1. The van der Waals surface area contributed by atoms with Crippen molar-refractivity contribution in [3.63, 3.8) is 0 Å². The van der Waals surface area contributed by atoms with Crippen LogP contribution in [0.3, 0.4) is 0 Å². The summed E-state index contributed by atoms with van der Waals surface area (Å²) < 4.78 is 10.7. The number of rotatable bonds is 5. The van der Waals surface area contributed by atoms with Crippen molar-refractivity contribution in [3.05, 3.63) is 35.2 Å². The standard InChI is InChI=1S/C17H22ClN5O2.HI/c1-19-17(23(2)10-12-7-8-24-11-12)20-9-15-21-16(22-25-15)13-3-5-14(18)6-4-13;/h3-6,12H,7-11H2,1-2H3,(H,19,20);1H. The molecule has 0 aliphatic carbocycles. The molecule has 0 amide bonds. The number of ether oxygens (including phenoxy) is 1. The third-order valence-corrected chi connectivity index (χ3v) is 4.35. The fourth-order valence-corrected chi connectivity index (χ4v) is 2.91. The zero-order valence-corrected chi connectivity index (χ0v) is 17.9. The van der Waals surface area contributed by atoms with Crippen LogP contribution in [0.1, 0.15) is 12.3 Å². The summed E-state index contributed by atoms with van der Waals surface area (Å²) in [6.45, 7) is 2.98. The zero-order chi connectivity index (χ0) is 17.6. The Morgan fingerprint density at radius 3 is 2.81 bits per heavy atom. The van der Waals surface area contributed by atoms with E-state index in [4.69, 9.17) is 20.9 Å². The van der Waals surface area contributed by atoms with E-state index < -0.39 is 0 Å². The van der Waals surface area contributed by atoms with E-state index >= 15 is 0 Å². The SMILES string of the molecule is CN=C(NCc1nc(-c2ccc(Cl)cc2)no1)N(C)CC1CCOC1.I. The highest BCUT2D eigenvalue weighted by Gasteiger charge is 2.19. The minimum Gasteiger partial charge on any atom is -0.381 e. The molecule has 1 saturated heterocycles. The van der Waals surface area contributed by atoms with Crippen molar-refractivity contribution in [3.8, 4) is 11.4 Å². The van der Waals surface area contributed by atoms with Crippen molar-refractivity contribution in [2.24, 2.45) is 10.9 Å². The van der Waals surface area contributed by atoms with E-state index in [9.17, 15) is 0 Å². The topological polar surface area (TPSA) is 75.8 Å². The van der Waals surface area contributed by atoms with Crippen molar-refractivity contribution in [1.29, 1.82) is 0 Å². The fraction of sp³-hybridized carbons (Fsp3) is 0.471. The van der Waals surface area contributed by atoms with Gasteiger partial charge in [0.1, 0.15) is 0 Å². The van der Waals surface area contributed by atoms with Crippen LogP contribution in [-0.2, 0) is 11.3 Å². The third kappa shape index (κ3) is 5.55. The molecule has 9 heteroatoms. The van der Waals surface area contributed by atoms with Gasteiger partial charge in [0.2, 0.25) is 11.7 Å². The average Bonchev–Trinajstić information content (AvgIpc) is 3.28. The molecule has 0 radical (unpaired) electrons. The molecule has 1 N–H and O–H groups in total. The zero-order valence-electron chi connectivity index (χ0n) is 14.8. The van der Waals surface area contributed by atoms with Crippen molar-refractivity contribution < 1.29 is 9.26 Å². The molecule has 1 aromatic heterocycles. The van der Waals surface area contributed by atoms with Crippen LogP contribution in [0.4, 0.5) is 0 Å². The van der Waals surface area contributed by atoms with E-state index in [-0.39, 0.29) is 24.0 Å². The Hall–Kier alpha value is -1.39. The number of aliphatic imine (C=N–C) groups is 1. The molecular formula is C17H23ClIN5O2. The van der Waals surface area contributed by atoms with Crippen LogP contribution in [0, 0.1) is 5.92 Å². The van der Waals surface area contributed by atoms with Crippen LogP contribution in [0.2, 0.25) is 5.02 Å². The molecule has 1 aliphatic heterocycles. The van der Waals surface area contributed by atoms with Gasteiger partial charge in [-0.1, -0.05) is 16.8 Å². The molecule has 0 spiro atoms. The van der Waals surface area contributed by atoms with E-state index in [0.717, 1.165) is 37.7 Å². The van der Waals surface area contributed by atoms with Gasteiger partial charge in [0.15, 0.2) is 5.96 Å². The molecule has 7 nitrogen and oxygen atoms in total. The number of aromatic nitrogens is 2. The van der Waals surface area contributed by atoms with Gasteiger partial charge in [-0.15, -0.1) is 24.0 Å². The number of benzene rings is 1. The minimum atomic E-state index is 0. The van der Waals surface area contributed by atoms with Gasteiger partial charge in [-0.2, -0.15) is 4.98 Å². The van der Waals surface area contributed by atoms with Crippen LogP contribution in [0.15, 0.2) is 33.8 Å². The largest absolute Gasteiger partial charge is 0.381 e. The number of nitrogens with zero attached hydrogens (tertiary/aromatic N) is 4. The lowest BCUT2D eigenvalue weighted by Gasteiger charge is -2.23. The van der Waals surface area contributed by atoms with Crippen LogP contribution < -0.4 is 5.32 Å². The summed E-state index contributed by atoms with van der Waals surface area (Å²) in [5.41, 5.74) is 0.863. The Morgan fingerprint density at radius 1 is 1.38 bits per heavy atom. The number of nitrogens with one attached hydrogen (secondary N) is 1. The first kappa shape index (κ1) is 20.9. The monoisotopic (exact) mass is 491 g/mol. The normalized spacial score (nSPS) is 17.0. The molecule has 2 heterocycles. The third-order valence-electron chi connectivity index (χ3n) is 4.10. The average molecular weight is 492 g/mol. The summed E-state index contributed by atoms with van der Waals surface area (Å²) in [7, 11) is 3.78. The van der Waals surface area contributed by atoms with E-state index in [1.165, 1.54) is 0 Å². The highest BCUT2D eigenvalue weighted by molar-refractivity contribution is 14.0. The second kappa shape index (κ2) is 10.1. The first-order chi connectivity index (χ1) is 12.2. The van der Waals surface area contributed by atoms with Crippen molar-refractivity contribution in [2.45, 2.75) is 13.0 Å². The number of halogens is 2. The van der Waals surface area contributed by atoms with Gasteiger partial charge in [-0.3, -0.25) is 4.99 Å². The van der Waals surface area contributed by atoms with Gasteiger partial charge in [0.05, 0.1) is 13.2 Å². The van der Waals surface area contributed by atoms with Crippen LogP contribution in [0.5, 0.6) is 0 Å². The molecule has 1 unspecified atom stereocenters. The summed E-state index contributed by atoms with van der Waals surface area (Å²) in [5.74, 6) is 2.38. The Bertz CT molecular complexity index is 716. The summed E-state index contributed by atoms with van der Waals surface area (Å²) >= 11 is 5.90. The lowest BCUT2D eigenvalue weighted by Crippen LogP contribution is -2.41. The smallest absolute Gasteiger partial charge is 0.246 e. The highest BCUT2D eigenvalue weighted by atomic mass is 127. The maximum Gasteiger partial charge on any atom is 0.246 e. The van der Waals surface area contributed by atoms with E-state index in [1.54, 1.807) is 19.2 Å². The maximum absolute atomic E-state index is 5.90. The van der Waals surface area contributed by atoms with Gasteiger partial charge in [-0.25, -0.2) is 0 Å². The predicted molar refractivity (Wildman–Crippen MR) is 112 cm³/mol. The molecule has 3 rings (SSSR count). The van der Waals surface area contributed by atoms with Crippen molar-refractivity contribution in [1.82, 2.24) is 20.4 Å². The van der Waals surface area contributed by atoms with Crippen LogP contribution in [-0.4, -0.2) is 54.9 Å². The molecule has 1 aliphatic rings. The first-order valence-corrected chi connectivity index (χ1v) is 8.61. The van der Waals surface area contributed by atoms with E-state index in [0.29, 0.717) is 29.2 Å². The number of hydrogen-bond acceptors (Lipinski definition) is 5. The predicted octanol–water partition coefficient (Wildman–Crippen LogP) is 3.05. The molecule has 1 aromatic carbocycles. The Labute approximate surface area is 175 Å². The van der Waals surface area contributed by atoms with Gasteiger partial charge in [0.25, 0.3) is 0 Å². The second-order valence-electron chi connectivity index (χ2n) is 6.03. The summed E-state index contributed by atoms with van der Waals surface area (Å²) in [5, 5.41) is 7.93. The summed E-state index contributed by atoms with van der Waals surface area (Å²) in [4.78, 5) is 10.8. The molecule has 0 saturated carbocycles. The lowest BCUT2D eigenvalue weighted by molar-refractivity contribution is 0.181. The van der Waals surface area contributed by atoms with Gasteiger partial charge >= 0.3 is 0 Å². The summed E-state index contributed by atoms with van der Waals surface area (Å²) in [6, 6.07) is 7.32. The molecule has 1 atom stereocenters. The van der Waals surface area contributed by atoms with Crippen LogP contribution in [0.25, 0.3) is 11.4 Å². The second-order valence-corrected chi connectivity index (χ2v) is 6.47. The number of guanidine groups is 1. The fourth-order valence-electron chi connectivity index (χ4n) is 2.78. The highest BCUT2D eigenvalue weighted by Crippen LogP contribution is 2.18. The maximum atomic E-state index is 5.90. The van der Waals surface area contributed by atoms with Crippen molar-refractivity contribution in [2.75, 3.05) is 33.9 Å². The first-order valence-electron chi connectivity index (χ1n) is 8.23. The molecule has 1 fully saturated rings. The molecule has 142 valence electrons. The van der Waals surface area contributed by atoms with Gasteiger partial charge in [0, 0.05) is 43.8 Å². The molecule has 2 aromatic rings. The minimum absolute atomic E-state index is 0. The Balaban J connectivity index is 0.00000243. The van der Waals surface area contributed by atoms with E-state index in [2.05, 4.69) is 25.3 Å². The molecule has 0 bridgehead atoms. The summed E-state index contributed by atoms with van der Waals surface area (Å²) in [6.07, 6.45) is 1.09. The van der Waals surface area contributed by atoms with Crippen molar-refractivity contribution >= 4 is 41.5 Å². The quantitative estimate of drug-likeness (QED) is 0.394.